The number of nitrogens with zero attached hydrogens (tertiary/aromatic N) is 1. The van der Waals surface area contributed by atoms with Crippen LogP contribution in [0, 0.1) is 11.6 Å². The minimum Gasteiger partial charge on any atom is -0.468 e. The molecule has 0 saturated heterocycles. The Kier molecular flexibility index (Phi) is 6.31. The second kappa shape index (κ2) is 7.15. The molecular weight excluding hydrogens is 180 g/mol. The highest BCUT2D eigenvalue weighted by Gasteiger charge is 1.89. The molecule has 0 bridgehead atoms. The van der Waals surface area contributed by atoms with Gasteiger partial charge in [0, 0.05) is 6.07 Å². The Morgan fingerprint density at radius 2 is 2.00 bits per heavy atom. The van der Waals surface area contributed by atoms with Crippen molar-refractivity contribution in [3.8, 4) is 0 Å². The number of hydrogen-bond donors (Lipinski definition) is 0. The Morgan fingerprint density at radius 3 is 2.15 bits per heavy atom. The molecule has 0 spiro atoms. The van der Waals surface area contributed by atoms with Crippen LogP contribution in [-0.4, -0.2) is 18.1 Å². The van der Waals surface area contributed by atoms with Gasteiger partial charge in [0.1, 0.15) is 11.6 Å². The maximum Gasteiger partial charge on any atom is 0.293 e. The molecule has 3 nitrogen and oxygen atoms in total. The summed E-state index contributed by atoms with van der Waals surface area (Å²) in [6, 6.07) is 0.771. The van der Waals surface area contributed by atoms with Gasteiger partial charge in [-0.05, 0) is 6.92 Å². The van der Waals surface area contributed by atoms with E-state index in [2.05, 4.69) is 9.72 Å². The Hall–Kier alpha value is -1.52. The maximum atomic E-state index is 11.9. The van der Waals surface area contributed by atoms with Crippen molar-refractivity contribution in [1.82, 2.24) is 4.98 Å². The van der Waals surface area contributed by atoms with Gasteiger partial charge in [-0.2, -0.15) is 0 Å². The SMILES string of the molecule is CCOC=O.Fc1cncc(F)c1. The second-order valence-electron chi connectivity index (χ2n) is 1.87. The van der Waals surface area contributed by atoms with E-state index in [1.165, 1.54) is 0 Å². The quantitative estimate of drug-likeness (QED) is 0.662. The van der Waals surface area contributed by atoms with E-state index in [0.717, 1.165) is 18.5 Å². The summed E-state index contributed by atoms with van der Waals surface area (Å²) in [4.78, 5) is 12.4. The molecule has 0 N–H and O–H groups in total. The molecule has 0 amide bonds. The Morgan fingerprint density at radius 1 is 1.46 bits per heavy atom. The van der Waals surface area contributed by atoms with Gasteiger partial charge in [-0.15, -0.1) is 0 Å². The van der Waals surface area contributed by atoms with Gasteiger partial charge >= 0.3 is 0 Å². The number of aromatic nitrogens is 1. The van der Waals surface area contributed by atoms with E-state index in [0.29, 0.717) is 13.1 Å². The van der Waals surface area contributed by atoms with E-state index in [1.807, 2.05) is 0 Å². The number of pyridine rings is 1. The van der Waals surface area contributed by atoms with Crippen LogP contribution in [-0.2, 0) is 9.53 Å². The van der Waals surface area contributed by atoms with E-state index in [9.17, 15) is 13.6 Å². The fraction of sp³-hybridized carbons (Fsp3) is 0.250. The summed E-state index contributed by atoms with van der Waals surface area (Å²) < 4.78 is 27.9. The molecule has 1 aromatic heterocycles. The van der Waals surface area contributed by atoms with Gasteiger partial charge in [0.25, 0.3) is 6.47 Å². The molecule has 0 saturated carbocycles. The van der Waals surface area contributed by atoms with Crippen LogP contribution in [0.4, 0.5) is 8.78 Å². The van der Waals surface area contributed by atoms with Crippen LogP contribution >= 0.6 is 0 Å². The van der Waals surface area contributed by atoms with Crippen LogP contribution in [0.5, 0.6) is 0 Å². The normalized spacial score (nSPS) is 8.23. The lowest BCUT2D eigenvalue weighted by molar-refractivity contribution is -0.128. The Bertz CT molecular complexity index is 238. The van der Waals surface area contributed by atoms with Crippen molar-refractivity contribution in [1.29, 1.82) is 0 Å². The molecule has 0 aliphatic carbocycles. The number of rotatable bonds is 2. The first-order chi connectivity index (χ1) is 6.20. The van der Waals surface area contributed by atoms with Gasteiger partial charge in [-0.3, -0.25) is 9.78 Å². The first kappa shape index (κ1) is 11.5. The third-order valence-corrected chi connectivity index (χ3v) is 0.906. The molecule has 13 heavy (non-hydrogen) atoms. The van der Waals surface area contributed by atoms with E-state index < -0.39 is 11.6 Å². The van der Waals surface area contributed by atoms with Gasteiger partial charge < -0.3 is 4.74 Å². The summed E-state index contributed by atoms with van der Waals surface area (Å²) in [5.41, 5.74) is 0. The zero-order chi connectivity index (χ0) is 10.1. The first-order valence-corrected chi connectivity index (χ1v) is 3.52. The molecule has 1 aromatic rings. The number of carbonyl (C=O) groups excluding carboxylic acids is 1. The minimum atomic E-state index is -0.648. The van der Waals surface area contributed by atoms with Gasteiger partial charge in [-0.1, -0.05) is 0 Å². The highest BCUT2D eigenvalue weighted by molar-refractivity contribution is 5.36. The summed E-state index contributed by atoms with van der Waals surface area (Å²) >= 11 is 0. The molecule has 0 radical (unpaired) electrons. The van der Waals surface area contributed by atoms with E-state index in [-0.39, 0.29) is 0 Å². The number of carbonyl (C=O) groups is 1. The van der Waals surface area contributed by atoms with Crippen LogP contribution in [0.25, 0.3) is 0 Å². The largest absolute Gasteiger partial charge is 0.468 e. The zero-order valence-electron chi connectivity index (χ0n) is 7.04. The van der Waals surface area contributed by atoms with Crippen molar-refractivity contribution in [3.63, 3.8) is 0 Å². The second-order valence-corrected chi connectivity index (χ2v) is 1.87. The summed E-state index contributed by atoms with van der Waals surface area (Å²) in [5, 5.41) is 0. The molecule has 0 fully saturated rings. The lowest BCUT2D eigenvalue weighted by Crippen LogP contribution is -1.80. The van der Waals surface area contributed by atoms with Crippen LogP contribution in [0.2, 0.25) is 0 Å². The molecule has 1 heterocycles. The van der Waals surface area contributed by atoms with Crippen LogP contribution in [0.1, 0.15) is 6.92 Å². The van der Waals surface area contributed by atoms with Crippen LogP contribution in [0.15, 0.2) is 18.5 Å². The number of halogens is 2. The predicted molar refractivity (Wildman–Crippen MR) is 41.8 cm³/mol. The van der Waals surface area contributed by atoms with Crippen molar-refractivity contribution in [3.05, 3.63) is 30.1 Å². The fourth-order valence-electron chi connectivity index (χ4n) is 0.454. The molecular formula is C8H9F2NO2. The van der Waals surface area contributed by atoms with Gasteiger partial charge in [0.05, 0.1) is 19.0 Å². The monoisotopic (exact) mass is 189 g/mol. The third kappa shape index (κ3) is 6.86. The molecule has 72 valence electrons. The van der Waals surface area contributed by atoms with Crippen LogP contribution < -0.4 is 0 Å². The first-order valence-electron chi connectivity index (χ1n) is 3.52. The summed E-state index contributed by atoms with van der Waals surface area (Å²) in [5.74, 6) is -1.30. The number of hydrogen-bond acceptors (Lipinski definition) is 3. The van der Waals surface area contributed by atoms with Gasteiger partial charge in [-0.25, -0.2) is 8.78 Å². The van der Waals surface area contributed by atoms with Gasteiger partial charge in [0.15, 0.2) is 0 Å². The van der Waals surface area contributed by atoms with Crippen molar-refractivity contribution in [2.24, 2.45) is 0 Å². The highest BCUT2D eigenvalue weighted by Crippen LogP contribution is 1.95. The standard InChI is InChI=1S/C5H3F2N.C3H6O2/c6-4-1-5(7)3-8-2-4;1-2-5-3-4/h1-3H;3H,2H2,1H3. The fourth-order valence-corrected chi connectivity index (χ4v) is 0.454. The molecule has 0 unspecified atom stereocenters. The summed E-state index contributed by atoms with van der Waals surface area (Å²) in [7, 11) is 0. The van der Waals surface area contributed by atoms with Gasteiger partial charge in [0.2, 0.25) is 0 Å². The smallest absolute Gasteiger partial charge is 0.293 e. The average molecular weight is 189 g/mol. The summed E-state index contributed by atoms with van der Waals surface area (Å²) in [6.07, 6.45) is 1.90. The third-order valence-electron chi connectivity index (χ3n) is 0.906. The van der Waals surface area contributed by atoms with Crippen molar-refractivity contribution >= 4 is 6.47 Å². The molecule has 0 aliphatic rings. The molecule has 0 atom stereocenters. The molecule has 1 rings (SSSR count). The molecule has 5 heteroatoms. The lowest BCUT2D eigenvalue weighted by Gasteiger charge is -1.83. The van der Waals surface area contributed by atoms with Crippen molar-refractivity contribution in [2.45, 2.75) is 6.92 Å². The van der Waals surface area contributed by atoms with Crippen LogP contribution in [0.3, 0.4) is 0 Å². The predicted octanol–water partition coefficient (Wildman–Crippen LogP) is 1.54. The van der Waals surface area contributed by atoms with E-state index in [4.69, 9.17) is 0 Å². The zero-order valence-corrected chi connectivity index (χ0v) is 7.04. The van der Waals surface area contributed by atoms with Crippen molar-refractivity contribution in [2.75, 3.05) is 6.61 Å². The number of ether oxygens (including phenoxy) is 1. The Labute approximate surface area is 74.4 Å². The summed E-state index contributed by atoms with van der Waals surface area (Å²) in [6.45, 7) is 2.66. The Balaban J connectivity index is 0.000000252. The average Bonchev–Trinajstić information content (AvgIpc) is 2.06. The van der Waals surface area contributed by atoms with E-state index >= 15 is 0 Å². The molecule has 0 aliphatic heterocycles. The minimum absolute atomic E-state index is 0.431. The highest BCUT2D eigenvalue weighted by atomic mass is 19.1. The topological polar surface area (TPSA) is 39.2 Å². The molecule has 0 aromatic carbocycles. The lowest BCUT2D eigenvalue weighted by atomic mass is 10.5. The maximum absolute atomic E-state index is 11.9. The van der Waals surface area contributed by atoms with Crippen molar-refractivity contribution < 1.29 is 18.3 Å². The van der Waals surface area contributed by atoms with E-state index in [1.54, 1.807) is 6.92 Å².